The van der Waals surface area contributed by atoms with Crippen molar-refractivity contribution in [3.8, 4) is 0 Å². The Bertz CT molecular complexity index is 170. The highest BCUT2D eigenvalue weighted by molar-refractivity contribution is 4.66. The first kappa shape index (κ1) is 15.9. The number of hydrogen-bond acceptors (Lipinski definition) is 3. The van der Waals surface area contributed by atoms with E-state index in [4.69, 9.17) is 9.47 Å². The van der Waals surface area contributed by atoms with E-state index in [0.29, 0.717) is 0 Å². The van der Waals surface area contributed by atoms with Crippen LogP contribution >= 0.6 is 0 Å². The minimum absolute atomic E-state index is 0.726. The number of ether oxygens (including phenoxy) is 2. The third kappa shape index (κ3) is 8.90. The monoisotopic (exact) mass is 257 g/mol. The summed E-state index contributed by atoms with van der Waals surface area (Å²) in [4.78, 5) is 0. The Hall–Kier alpha value is -0.120. The Labute approximate surface area is 113 Å². The van der Waals surface area contributed by atoms with Crippen LogP contribution in [0.15, 0.2) is 0 Å². The first-order valence-electron chi connectivity index (χ1n) is 7.79. The molecule has 1 aliphatic rings. The summed E-state index contributed by atoms with van der Waals surface area (Å²) < 4.78 is 10.9. The zero-order valence-corrected chi connectivity index (χ0v) is 12.1. The van der Waals surface area contributed by atoms with Gasteiger partial charge in [0.1, 0.15) is 0 Å². The van der Waals surface area contributed by atoms with E-state index >= 15 is 0 Å². The van der Waals surface area contributed by atoms with Gasteiger partial charge < -0.3 is 14.8 Å². The van der Waals surface area contributed by atoms with Crippen molar-refractivity contribution in [3.63, 3.8) is 0 Å². The Morgan fingerprint density at radius 3 is 2.72 bits per heavy atom. The van der Waals surface area contributed by atoms with Crippen LogP contribution in [0.25, 0.3) is 0 Å². The molecule has 1 fully saturated rings. The van der Waals surface area contributed by atoms with Gasteiger partial charge in [0.2, 0.25) is 0 Å². The lowest BCUT2D eigenvalue weighted by Gasteiger charge is -2.09. The Balaban J connectivity index is 1.68. The SMILES string of the molecule is CCCCCCCCOCCNCC1CCOC1. The quantitative estimate of drug-likeness (QED) is 0.545. The summed E-state index contributed by atoms with van der Waals surface area (Å²) in [5.74, 6) is 0.726. The highest BCUT2D eigenvalue weighted by atomic mass is 16.5. The van der Waals surface area contributed by atoms with E-state index < -0.39 is 0 Å². The molecule has 0 radical (unpaired) electrons. The van der Waals surface area contributed by atoms with E-state index in [0.717, 1.165) is 45.4 Å². The van der Waals surface area contributed by atoms with Gasteiger partial charge in [-0.3, -0.25) is 0 Å². The van der Waals surface area contributed by atoms with Crippen LogP contribution in [-0.4, -0.2) is 39.5 Å². The van der Waals surface area contributed by atoms with Gasteiger partial charge in [-0.2, -0.15) is 0 Å². The van der Waals surface area contributed by atoms with Gasteiger partial charge >= 0.3 is 0 Å². The molecule has 0 aromatic heterocycles. The van der Waals surface area contributed by atoms with Crippen molar-refractivity contribution in [1.82, 2.24) is 5.32 Å². The zero-order chi connectivity index (χ0) is 12.9. The molecule has 108 valence electrons. The molecule has 1 saturated heterocycles. The first-order chi connectivity index (χ1) is 8.93. The molecule has 0 aromatic rings. The molecular weight excluding hydrogens is 226 g/mol. The summed E-state index contributed by atoms with van der Waals surface area (Å²) in [6.45, 7) is 7.98. The van der Waals surface area contributed by atoms with Gasteiger partial charge in [0, 0.05) is 26.3 Å². The average molecular weight is 257 g/mol. The summed E-state index contributed by atoms with van der Waals surface area (Å²) in [5, 5.41) is 3.44. The van der Waals surface area contributed by atoms with E-state index in [9.17, 15) is 0 Å². The fourth-order valence-electron chi connectivity index (χ4n) is 2.28. The summed E-state index contributed by atoms with van der Waals surface area (Å²) in [7, 11) is 0. The molecule has 18 heavy (non-hydrogen) atoms. The highest BCUT2D eigenvalue weighted by Crippen LogP contribution is 2.10. The van der Waals surface area contributed by atoms with Gasteiger partial charge in [0.25, 0.3) is 0 Å². The van der Waals surface area contributed by atoms with E-state index in [-0.39, 0.29) is 0 Å². The topological polar surface area (TPSA) is 30.5 Å². The maximum atomic E-state index is 5.61. The van der Waals surface area contributed by atoms with Crippen LogP contribution in [-0.2, 0) is 9.47 Å². The van der Waals surface area contributed by atoms with Gasteiger partial charge in [-0.25, -0.2) is 0 Å². The molecule has 1 rings (SSSR count). The maximum absolute atomic E-state index is 5.61. The van der Waals surface area contributed by atoms with Crippen molar-refractivity contribution in [1.29, 1.82) is 0 Å². The minimum Gasteiger partial charge on any atom is -0.381 e. The van der Waals surface area contributed by atoms with Crippen LogP contribution < -0.4 is 5.32 Å². The molecule has 0 bridgehead atoms. The van der Waals surface area contributed by atoms with Gasteiger partial charge in [0.05, 0.1) is 13.2 Å². The van der Waals surface area contributed by atoms with Crippen LogP contribution in [0.1, 0.15) is 51.9 Å². The normalized spacial score (nSPS) is 19.5. The molecule has 1 aliphatic heterocycles. The molecule has 0 amide bonds. The predicted molar refractivity (Wildman–Crippen MR) is 76.0 cm³/mol. The van der Waals surface area contributed by atoms with E-state index in [1.54, 1.807) is 0 Å². The van der Waals surface area contributed by atoms with Crippen LogP contribution in [0.4, 0.5) is 0 Å². The average Bonchev–Trinajstić information content (AvgIpc) is 2.89. The molecule has 1 N–H and O–H groups in total. The summed E-state index contributed by atoms with van der Waals surface area (Å²) >= 11 is 0. The molecule has 0 aliphatic carbocycles. The summed E-state index contributed by atoms with van der Waals surface area (Å²) in [6.07, 6.45) is 9.24. The van der Waals surface area contributed by atoms with Crippen LogP contribution in [0.3, 0.4) is 0 Å². The van der Waals surface area contributed by atoms with Crippen LogP contribution in [0.5, 0.6) is 0 Å². The first-order valence-corrected chi connectivity index (χ1v) is 7.79. The molecular formula is C15H31NO2. The Morgan fingerprint density at radius 2 is 1.94 bits per heavy atom. The van der Waals surface area contributed by atoms with Gasteiger partial charge in [-0.1, -0.05) is 39.0 Å². The maximum Gasteiger partial charge on any atom is 0.0590 e. The lowest BCUT2D eigenvalue weighted by atomic mass is 10.1. The number of unbranched alkanes of at least 4 members (excludes halogenated alkanes) is 5. The fraction of sp³-hybridized carbons (Fsp3) is 1.00. The van der Waals surface area contributed by atoms with Crippen molar-refractivity contribution in [2.24, 2.45) is 5.92 Å². The van der Waals surface area contributed by atoms with Gasteiger partial charge in [0.15, 0.2) is 0 Å². The Kier molecular flexibility index (Phi) is 10.6. The van der Waals surface area contributed by atoms with Crippen LogP contribution in [0.2, 0.25) is 0 Å². The predicted octanol–water partition coefficient (Wildman–Crippen LogP) is 2.99. The lowest BCUT2D eigenvalue weighted by molar-refractivity contribution is 0.130. The molecule has 0 aromatic carbocycles. The molecule has 1 unspecified atom stereocenters. The molecule has 0 saturated carbocycles. The third-order valence-electron chi connectivity index (χ3n) is 3.52. The van der Waals surface area contributed by atoms with E-state index in [1.807, 2.05) is 0 Å². The van der Waals surface area contributed by atoms with Crippen molar-refractivity contribution >= 4 is 0 Å². The van der Waals surface area contributed by atoms with Crippen molar-refractivity contribution < 1.29 is 9.47 Å². The van der Waals surface area contributed by atoms with Gasteiger partial charge in [-0.15, -0.1) is 0 Å². The minimum atomic E-state index is 0.726. The molecule has 3 heteroatoms. The van der Waals surface area contributed by atoms with Crippen LogP contribution in [0, 0.1) is 5.92 Å². The van der Waals surface area contributed by atoms with E-state index in [2.05, 4.69) is 12.2 Å². The summed E-state index contributed by atoms with van der Waals surface area (Å²) in [5.41, 5.74) is 0. The molecule has 1 heterocycles. The third-order valence-corrected chi connectivity index (χ3v) is 3.52. The largest absolute Gasteiger partial charge is 0.381 e. The summed E-state index contributed by atoms with van der Waals surface area (Å²) in [6, 6.07) is 0. The highest BCUT2D eigenvalue weighted by Gasteiger charge is 2.14. The zero-order valence-electron chi connectivity index (χ0n) is 12.1. The fourth-order valence-corrected chi connectivity index (χ4v) is 2.28. The van der Waals surface area contributed by atoms with Crippen molar-refractivity contribution in [2.45, 2.75) is 51.9 Å². The smallest absolute Gasteiger partial charge is 0.0590 e. The van der Waals surface area contributed by atoms with Gasteiger partial charge in [-0.05, 0) is 18.8 Å². The number of nitrogens with one attached hydrogen (secondary N) is 1. The molecule has 0 spiro atoms. The standard InChI is InChI=1S/C15H31NO2/c1-2-3-4-5-6-7-10-17-12-9-16-13-15-8-11-18-14-15/h15-16H,2-14H2,1H3. The second-order valence-corrected chi connectivity index (χ2v) is 5.31. The van der Waals surface area contributed by atoms with Crippen molar-refractivity contribution in [2.75, 3.05) is 39.5 Å². The lowest BCUT2D eigenvalue weighted by Crippen LogP contribution is -2.26. The molecule has 3 nitrogen and oxygen atoms in total. The Morgan fingerprint density at radius 1 is 1.11 bits per heavy atom. The van der Waals surface area contributed by atoms with Crippen molar-refractivity contribution in [3.05, 3.63) is 0 Å². The molecule has 1 atom stereocenters. The number of hydrogen-bond donors (Lipinski definition) is 1. The second kappa shape index (κ2) is 11.9. The second-order valence-electron chi connectivity index (χ2n) is 5.31. The van der Waals surface area contributed by atoms with E-state index in [1.165, 1.54) is 44.9 Å². The number of rotatable bonds is 12.